The molecule has 0 spiro atoms. The quantitative estimate of drug-likeness (QED) is 0.758. The van der Waals surface area contributed by atoms with Gasteiger partial charge in [-0.3, -0.25) is 9.59 Å². The number of aromatic carboxylic acids is 1. The highest BCUT2D eigenvalue weighted by Crippen LogP contribution is 2.27. The van der Waals surface area contributed by atoms with Crippen molar-refractivity contribution in [3.05, 3.63) is 28.3 Å². The number of carbonyl (C=O) groups excluding carboxylic acids is 3. The van der Waals surface area contributed by atoms with Gasteiger partial charge in [0.25, 0.3) is 5.91 Å². The molecular weight excluding hydrogens is 318 g/mol. The van der Waals surface area contributed by atoms with Crippen LogP contribution in [0.1, 0.15) is 45.7 Å². The van der Waals surface area contributed by atoms with E-state index in [-0.39, 0.29) is 29.0 Å². The number of esters is 2. The molecule has 0 aliphatic carbocycles. The molecule has 0 bridgehead atoms. The van der Waals surface area contributed by atoms with Crippen LogP contribution in [0.2, 0.25) is 0 Å². The third-order valence-corrected chi connectivity index (χ3v) is 3.15. The van der Waals surface area contributed by atoms with Crippen molar-refractivity contribution >= 4 is 29.5 Å². The molecule has 8 nitrogen and oxygen atoms in total. The third kappa shape index (κ3) is 4.55. The Morgan fingerprint density at radius 3 is 2.25 bits per heavy atom. The smallest absolute Gasteiger partial charge is 0.338 e. The van der Waals surface area contributed by atoms with E-state index >= 15 is 0 Å². The Kier molecular flexibility index (Phi) is 6.46. The molecule has 1 aromatic carbocycles. The van der Waals surface area contributed by atoms with Crippen molar-refractivity contribution in [3.63, 3.8) is 0 Å². The highest BCUT2D eigenvalue weighted by atomic mass is 16.5. The van der Waals surface area contributed by atoms with Crippen LogP contribution in [0.5, 0.6) is 0 Å². The van der Waals surface area contributed by atoms with Gasteiger partial charge in [-0.1, -0.05) is 0 Å². The minimum absolute atomic E-state index is 0.0164. The number of aryl methyl sites for hydroxylation is 1. The maximum Gasteiger partial charge on any atom is 0.338 e. The van der Waals surface area contributed by atoms with Crippen molar-refractivity contribution in [1.29, 1.82) is 0 Å². The van der Waals surface area contributed by atoms with Gasteiger partial charge in [0.05, 0.1) is 23.4 Å². The van der Waals surface area contributed by atoms with Crippen LogP contribution in [0.3, 0.4) is 0 Å². The zero-order valence-electron chi connectivity index (χ0n) is 13.9. The predicted octanol–water partition coefficient (Wildman–Crippen LogP) is 1.68. The van der Waals surface area contributed by atoms with Gasteiger partial charge in [-0.15, -0.1) is 0 Å². The van der Waals surface area contributed by atoms with Crippen LogP contribution < -0.4 is 5.32 Å². The Balaban J connectivity index is 3.27. The summed E-state index contributed by atoms with van der Waals surface area (Å²) in [6.45, 7) is 5.48. The molecule has 1 amide bonds. The highest BCUT2D eigenvalue weighted by Gasteiger charge is 2.24. The molecule has 0 heterocycles. The van der Waals surface area contributed by atoms with Crippen LogP contribution in [-0.2, 0) is 19.1 Å². The summed E-state index contributed by atoms with van der Waals surface area (Å²) in [5.41, 5.74) is 0.581. The van der Waals surface area contributed by atoms with E-state index in [0.717, 1.165) is 6.92 Å². The summed E-state index contributed by atoms with van der Waals surface area (Å²) < 4.78 is 9.49. The average Bonchev–Trinajstić information content (AvgIpc) is 2.44. The number of carbonyl (C=O) groups is 4. The molecule has 0 atom stereocenters. The second kappa shape index (κ2) is 8.09. The summed E-state index contributed by atoms with van der Waals surface area (Å²) in [6.07, 6.45) is 0. The van der Waals surface area contributed by atoms with E-state index in [1.165, 1.54) is 13.0 Å². The second-order valence-electron chi connectivity index (χ2n) is 4.97. The van der Waals surface area contributed by atoms with Gasteiger partial charge in [-0.25, -0.2) is 9.59 Å². The van der Waals surface area contributed by atoms with Gasteiger partial charge in [0.15, 0.2) is 6.61 Å². The average molecular weight is 337 g/mol. The zero-order chi connectivity index (χ0) is 18.4. The number of rotatable bonds is 6. The molecule has 130 valence electrons. The number of anilines is 1. The first kappa shape index (κ1) is 19.1. The fraction of sp³-hybridized carbons (Fsp3) is 0.375. The van der Waals surface area contributed by atoms with E-state index in [9.17, 15) is 24.3 Å². The monoisotopic (exact) mass is 337 g/mol. The molecule has 0 saturated heterocycles. The standard InChI is InChI=1S/C16H19NO7/c1-5-23-16(22)13-8(2)6-11(14(9(13)3)15(20)21)17-12(19)7-24-10(4)18/h6H,5,7H2,1-4H3,(H,17,19)(H,20,21). The van der Waals surface area contributed by atoms with Gasteiger partial charge in [-0.2, -0.15) is 0 Å². The minimum Gasteiger partial charge on any atom is -0.478 e. The number of nitrogens with one attached hydrogen (secondary N) is 1. The Morgan fingerprint density at radius 1 is 1.12 bits per heavy atom. The van der Waals surface area contributed by atoms with Crippen LogP contribution >= 0.6 is 0 Å². The van der Waals surface area contributed by atoms with Gasteiger partial charge in [0.2, 0.25) is 0 Å². The fourth-order valence-corrected chi connectivity index (χ4v) is 2.23. The molecule has 0 aromatic heterocycles. The molecule has 0 unspecified atom stereocenters. The van der Waals surface area contributed by atoms with Crippen LogP contribution in [0.25, 0.3) is 0 Å². The molecule has 2 N–H and O–H groups in total. The van der Waals surface area contributed by atoms with Crippen molar-refractivity contribution in [3.8, 4) is 0 Å². The lowest BCUT2D eigenvalue weighted by atomic mass is 9.95. The van der Waals surface area contributed by atoms with Crippen molar-refractivity contribution in [2.24, 2.45) is 0 Å². The van der Waals surface area contributed by atoms with Crippen molar-refractivity contribution in [2.45, 2.75) is 27.7 Å². The molecule has 1 rings (SSSR count). The lowest BCUT2D eigenvalue weighted by Crippen LogP contribution is -2.22. The molecule has 1 aromatic rings. The Morgan fingerprint density at radius 2 is 1.75 bits per heavy atom. The van der Waals surface area contributed by atoms with E-state index < -0.39 is 30.4 Å². The molecule has 0 aliphatic heterocycles. The van der Waals surface area contributed by atoms with Crippen LogP contribution in [0.15, 0.2) is 6.07 Å². The fourth-order valence-electron chi connectivity index (χ4n) is 2.23. The zero-order valence-corrected chi connectivity index (χ0v) is 13.9. The molecule has 24 heavy (non-hydrogen) atoms. The van der Waals surface area contributed by atoms with E-state index in [2.05, 4.69) is 10.1 Å². The number of benzene rings is 1. The number of carboxylic acids is 1. The Hall–Kier alpha value is -2.90. The number of ether oxygens (including phenoxy) is 2. The maximum absolute atomic E-state index is 12.0. The third-order valence-electron chi connectivity index (χ3n) is 3.15. The number of carboxylic acid groups (broad SMARTS) is 1. The molecule has 0 radical (unpaired) electrons. The number of hydrogen-bond donors (Lipinski definition) is 2. The largest absolute Gasteiger partial charge is 0.478 e. The lowest BCUT2D eigenvalue weighted by molar-refractivity contribution is -0.144. The number of hydrogen-bond acceptors (Lipinski definition) is 6. The van der Waals surface area contributed by atoms with Gasteiger partial charge in [-0.05, 0) is 38.0 Å². The summed E-state index contributed by atoms with van der Waals surface area (Å²) in [5.74, 6) is -3.25. The highest BCUT2D eigenvalue weighted by molar-refractivity contribution is 6.06. The summed E-state index contributed by atoms with van der Waals surface area (Å²) in [4.78, 5) is 46.0. The normalized spacial score (nSPS) is 10.0. The summed E-state index contributed by atoms with van der Waals surface area (Å²) in [6, 6.07) is 1.37. The molecule has 8 heteroatoms. The minimum atomic E-state index is -1.30. The van der Waals surface area contributed by atoms with E-state index in [0.29, 0.717) is 5.56 Å². The van der Waals surface area contributed by atoms with Gasteiger partial charge in [0.1, 0.15) is 0 Å². The summed E-state index contributed by atoms with van der Waals surface area (Å²) >= 11 is 0. The predicted molar refractivity (Wildman–Crippen MR) is 84.1 cm³/mol. The Bertz CT molecular complexity index is 694. The summed E-state index contributed by atoms with van der Waals surface area (Å²) in [5, 5.41) is 11.8. The van der Waals surface area contributed by atoms with Gasteiger partial charge in [0, 0.05) is 6.92 Å². The molecule has 0 saturated carbocycles. The number of amides is 1. The van der Waals surface area contributed by atoms with Gasteiger partial charge < -0.3 is 19.9 Å². The second-order valence-corrected chi connectivity index (χ2v) is 4.97. The molecular formula is C16H19NO7. The SMILES string of the molecule is CCOC(=O)c1c(C)cc(NC(=O)COC(C)=O)c(C(=O)O)c1C. The first-order valence-electron chi connectivity index (χ1n) is 7.16. The summed E-state index contributed by atoms with van der Waals surface area (Å²) in [7, 11) is 0. The molecule has 0 aliphatic rings. The molecule has 0 fully saturated rings. The van der Waals surface area contributed by atoms with Crippen LogP contribution in [0.4, 0.5) is 5.69 Å². The maximum atomic E-state index is 12.0. The van der Waals surface area contributed by atoms with Crippen LogP contribution in [0, 0.1) is 13.8 Å². The van der Waals surface area contributed by atoms with Crippen molar-refractivity contribution < 1.29 is 33.8 Å². The van der Waals surface area contributed by atoms with Crippen molar-refractivity contribution in [1.82, 2.24) is 0 Å². The Labute approximate surface area is 138 Å². The topological polar surface area (TPSA) is 119 Å². The van der Waals surface area contributed by atoms with Crippen LogP contribution in [-0.4, -0.2) is 42.1 Å². The van der Waals surface area contributed by atoms with E-state index in [1.807, 2.05) is 0 Å². The van der Waals surface area contributed by atoms with Gasteiger partial charge >= 0.3 is 17.9 Å². The lowest BCUT2D eigenvalue weighted by Gasteiger charge is -2.16. The first-order chi connectivity index (χ1) is 11.2. The van der Waals surface area contributed by atoms with E-state index in [1.54, 1.807) is 13.8 Å². The first-order valence-corrected chi connectivity index (χ1v) is 7.16. The van der Waals surface area contributed by atoms with Crippen molar-refractivity contribution in [2.75, 3.05) is 18.5 Å². The van der Waals surface area contributed by atoms with E-state index in [4.69, 9.17) is 4.74 Å².